The summed E-state index contributed by atoms with van der Waals surface area (Å²) in [5, 5.41) is 14.2. The number of aromatic nitrogens is 3. The highest BCUT2D eigenvalue weighted by Gasteiger charge is 2.07. The van der Waals surface area contributed by atoms with Crippen molar-refractivity contribution in [3.05, 3.63) is 65.4 Å². The van der Waals surface area contributed by atoms with Crippen molar-refractivity contribution >= 4 is 34.8 Å². The summed E-state index contributed by atoms with van der Waals surface area (Å²) in [5.41, 5.74) is 1.19. The van der Waals surface area contributed by atoms with Gasteiger partial charge in [0.1, 0.15) is 5.75 Å². The van der Waals surface area contributed by atoms with Gasteiger partial charge in [0.25, 0.3) is 5.91 Å². The van der Waals surface area contributed by atoms with Gasteiger partial charge >= 0.3 is 0 Å². The Labute approximate surface area is 149 Å². The molecule has 3 aromatic rings. The molecule has 0 aliphatic rings. The molecule has 0 aliphatic heterocycles. The summed E-state index contributed by atoms with van der Waals surface area (Å²) in [6.45, 7) is 0. The number of carbonyl (C=O) groups is 1. The maximum absolute atomic E-state index is 12.0. The van der Waals surface area contributed by atoms with Crippen LogP contribution in [0.25, 0.3) is 0 Å². The number of hydrogen-bond donors (Lipinski definition) is 2. The number of carbonyl (C=O) groups excluding carboxylic acids is 1. The molecule has 0 atom stereocenters. The van der Waals surface area contributed by atoms with Crippen molar-refractivity contribution in [1.29, 1.82) is 0 Å². The molecule has 0 fully saturated rings. The minimum absolute atomic E-state index is 0.301. The van der Waals surface area contributed by atoms with Gasteiger partial charge in [0.2, 0.25) is 0 Å². The Hall–Kier alpha value is -3.19. The lowest BCUT2D eigenvalue weighted by atomic mass is 10.3. The second kappa shape index (κ2) is 7.59. The van der Waals surface area contributed by atoms with Gasteiger partial charge in [-0.25, -0.2) is 0 Å². The highest BCUT2D eigenvalue weighted by Crippen LogP contribution is 2.28. The molecular weight excluding hydrogens is 342 g/mol. The Bertz CT molecular complexity index is 872. The van der Waals surface area contributed by atoms with Gasteiger partial charge < -0.3 is 15.4 Å². The Morgan fingerprint density at radius 3 is 2.56 bits per heavy atom. The van der Waals surface area contributed by atoms with Crippen LogP contribution in [-0.4, -0.2) is 28.2 Å². The van der Waals surface area contributed by atoms with Crippen LogP contribution in [0.4, 0.5) is 17.3 Å². The predicted octanol–water partition coefficient (Wildman–Crippen LogP) is 3.53. The quantitative estimate of drug-likeness (QED) is 0.727. The SMILES string of the molecule is COc1ccc(Nc2ccc(NC(=O)c3cccnc3)nn2)cc1Cl. The topological polar surface area (TPSA) is 89.0 Å². The number of benzene rings is 1. The third-order valence-electron chi connectivity index (χ3n) is 3.25. The van der Waals surface area contributed by atoms with Crippen LogP contribution in [-0.2, 0) is 0 Å². The molecule has 25 heavy (non-hydrogen) atoms. The maximum atomic E-state index is 12.0. The fourth-order valence-electron chi connectivity index (χ4n) is 2.04. The molecule has 0 saturated carbocycles. The van der Waals surface area contributed by atoms with E-state index in [4.69, 9.17) is 16.3 Å². The lowest BCUT2D eigenvalue weighted by molar-refractivity contribution is 0.102. The van der Waals surface area contributed by atoms with Crippen molar-refractivity contribution in [1.82, 2.24) is 15.2 Å². The number of hydrogen-bond acceptors (Lipinski definition) is 6. The number of rotatable bonds is 5. The van der Waals surface area contributed by atoms with Crippen molar-refractivity contribution in [2.75, 3.05) is 17.7 Å². The van der Waals surface area contributed by atoms with Gasteiger partial charge in [-0.3, -0.25) is 9.78 Å². The first-order valence-electron chi connectivity index (χ1n) is 7.31. The molecule has 126 valence electrons. The highest BCUT2D eigenvalue weighted by atomic mass is 35.5. The Morgan fingerprint density at radius 1 is 1.12 bits per heavy atom. The molecule has 0 radical (unpaired) electrons. The van der Waals surface area contributed by atoms with E-state index in [0.29, 0.717) is 28.0 Å². The molecule has 2 N–H and O–H groups in total. The number of methoxy groups -OCH3 is 1. The van der Waals surface area contributed by atoms with E-state index < -0.39 is 0 Å². The van der Waals surface area contributed by atoms with E-state index in [1.54, 1.807) is 49.7 Å². The molecule has 2 aromatic heterocycles. The fourth-order valence-corrected chi connectivity index (χ4v) is 2.30. The van der Waals surface area contributed by atoms with E-state index in [-0.39, 0.29) is 5.91 Å². The molecule has 8 heteroatoms. The highest BCUT2D eigenvalue weighted by molar-refractivity contribution is 6.32. The van der Waals surface area contributed by atoms with Crippen LogP contribution in [0.15, 0.2) is 54.9 Å². The standard InChI is InChI=1S/C17H14ClN5O2/c1-25-14-5-4-12(9-13(14)18)20-15-6-7-16(23-22-15)21-17(24)11-3-2-8-19-10-11/h2-10H,1H3,(H,20,22)(H,21,23,24). The molecule has 0 bridgehead atoms. The average Bonchev–Trinajstić information content (AvgIpc) is 2.64. The molecule has 0 aliphatic carbocycles. The van der Waals surface area contributed by atoms with Crippen LogP contribution in [0, 0.1) is 0 Å². The third-order valence-corrected chi connectivity index (χ3v) is 3.55. The summed E-state index contributed by atoms with van der Waals surface area (Å²) in [6.07, 6.45) is 3.08. The largest absolute Gasteiger partial charge is 0.495 e. The first-order chi connectivity index (χ1) is 12.2. The molecule has 0 unspecified atom stereocenters. The molecule has 1 aromatic carbocycles. The Morgan fingerprint density at radius 2 is 1.92 bits per heavy atom. The molecular formula is C17H14ClN5O2. The molecule has 0 spiro atoms. The number of anilines is 3. The average molecular weight is 356 g/mol. The van der Waals surface area contributed by atoms with E-state index in [1.165, 1.54) is 6.20 Å². The monoisotopic (exact) mass is 355 g/mol. The number of ether oxygens (including phenoxy) is 1. The summed E-state index contributed by atoms with van der Waals surface area (Å²) in [6, 6.07) is 12.0. The first-order valence-corrected chi connectivity index (χ1v) is 7.69. The van der Waals surface area contributed by atoms with E-state index in [2.05, 4.69) is 25.8 Å². The summed E-state index contributed by atoms with van der Waals surface area (Å²) in [7, 11) is 1.55. The number of pyridine rings is 1. The molecule has 0 saturated heterocycles. The zero-order chi connectivity index (χ0) is 17.6. The van der Waals surface area contributed by atoms with Crippen LogP contribution in [0.5, 0.6) is 5.75 Å². The Kier molecular flexibility index (Phi) is 5.06. The predicted molar refractivity (Wildman–Crippen MR) is 95.5 cm³/mol. The zero-order valence-corrected chi connectivity index (χ0v) is 14.0. The van der Waals surface area contributed by atoms with Crippen LogP contribution in [0.1, 0.15) is 10.4 Å². The number of nitrogens with one attached hydrogen (secondary N) is 2. The van der Waals surface area contributed by atoms with Gasteiger partial charge in [0.15, 0.2) is 11.6 Å². The van der Waals surface area contributed by atoms with Gasteiger partial charge in [0.05, 0.1) is 17.7 Å². The second-order valence-electron chi connectivity index (χ2n) is 4.97. The normalized spacial score (nSPS) is 10.2. The maximum Gasteiger partial charge on any atom is 0.258 e. The number of nitrogens with zero attached hydrogens (tertiary/aromatic N) is 3. The minimum atomic E-state index is -0.301. The Balaban J connectivity index is 1.66. The molecule has 1 amide bonds. The molecule has 7 nitrogen and oxygen atoms in total. The minimum Gasteiger partial charge on any atom is -0.495 e. The van der Waals surface area contributed by atoms with Crippen molar-refractivity contribution in [3.63, 3.8) is 0 Å². The summed E-state index contributed by atoms with van der Waals surface area (Å²) < 4.78 is 5.11. The zero-order valence-electron chi connectivity index (χ0n) is 13.2. The van der Waals surface area contributed by atoms with Crippen LogP contribution >= 0.6 is 11.6 Å². The van der Waals surface area contributed by atoms with Gasteiger partial charge in [-0.15, -0.1) is 10.2 Å². The summed E-state index contributed by atoms with van der Waals surface area (Å²) in [5.74, 6) is 1.14. The second-order valence-corrected chi connectivity index (χ2v) is 5.38. The lowest BCUT2D eigenvalue weighted by Crippen LogP contribution is -2.13. The smallest absolute Gasteiger partial charge is 0.258 e. The first kappa shape index (κ1) is 16.7. The summed E-state index contributed by atoms with van der Waals surface area (Å²) >= 11 is 6.08. The number of halogens is 1. The van der Waals surface area contributed by atoms with Gasteiger partial charge in [-0.05, 0) is 42.5 Å². The molecule has 3 rings (SSSR count). The van der Waals surface area contributed by atoms with E-state index in [9.17, 15) is 4.79 Å². The third kappa shape index (κ3) is 4.21. The van der Waals surface area contributed by atoms with Crippen molar-refractivity contribution in [2.45, 2.75) is 0 Å². The van der Waals surface area contributed by atoms with Gasteiger partial charge in [-0.2, -0.15) is 0 Å². The summed E-state index contributed by atoms with van der Waals surface area (Å²) in [4.78, 5) is 15.9. The van der Waals surface area contributed by atoms with Gasteiger partial charge in [0, 0.05) is 18.1 Å². The van der Waals surface area contributed by atoms with Crippen LogP contribution in [0.3, 0.4) is 0 Å². The lowest BCUT2D eigenvalue weighted by Gasteiger charge is -2.08. The number of amides is 1. The van der Waals surface area contributed by atoms with Crippen molar-refractivity contribution in [3.8, 4) is 5.75 Å². The molecule has 2 heterocycles. The van der Waals surface area contributed by atoms with Crippen molar-refractivity contribution in [2.24, 2.45) is 0 Å². The van der Waals surface area contributed by atoms with Crippen LogP contribution in [0.2, 0.25) is 5.02 Å². The van der Waals surface area contributed by atoms with E-state index in [1.807, 2.05) is 6.07 Å². The van der Waals surface area contributed by atoms with Crippen molar-refractivity contribution < 1.29 is 9.53 Å². The van der Waals surface area contributed by atoms with E-state index >= 15 is 0 Å². The van der Waals surface area contributed by atoms with E-state index in [0.717, 1.165) is 5.69 Å². The van der Waals surface area contributed by atoms with Crippen LogP contribution < -0.4 is 15.4 Å². The fraction of sp³-hybridized carbons (Fsp3) is 0.0588. The van der Waals surface area contributed by atoms with Gasteiger partial charge in [-0.1, -0.05) is 11.6 Å².